The highest BCUT2D eigenvalue weighted by atomic mass is 16.5. The summed E-state index contributed by atoms with van der Waals surface area (Å²) in [5.74, 6) is -1.32. The number of allylic oxidation sites excluding steroid dienone is 1. The molecule has 1 atom stereocenters. The van der Waals surface area contributed by atoms with Gasteiger partial charge in [-0.1, -0.05) is 64.0 Å². The summed E-state index contributed by atoms with van der Waals surface area (Å²) in [5, 5.41) is 0. The van der Waals surface area contributed by atoms with Gasteiger partial charge >= 0.3 is 11.9 Å². The topological polar surface area (TPSA) is 52.6 Å². The summed E-state index contributed by atoms with van der Waals surface area (Å²) >= 11 is 0. The first kappa shape index (κ1) is 20.7. The van der Waals surface area contributed by atoms with Crippen LogP contribution in [0.2, 0.25) is 0 Å². The number of rotatable bonds is 13. The number of unbranched alkanes of at least 4 members (excludes halogenated alkanes) is 8. The van der Waals surface area contributed by atoms with Crippen LogP contribution in [0.1, 0.15) is 71.1 Å². The molecule has 0 amide bonds. The molecule has 0 radical (unpaired) electrons. The molecule has 0 rings (SSSR count). The van der Waals surface area contributed by atoms with Crippen LogP contribution in [0.4, 0.5) is 0 Å². The van der Waals surface area contributed by atoms with Crippen molar-refractivity contribution in [3.63, 3.8) is 0 Å². The minimum atomic E-state index is -0.536. The minimum Gasteiger partial charge on any atom is -0.469 e. The number of hydrogen-bond acceptors (Lipinski definition) is 4. The van der Waals surface area contributed by atoms with Gasteiger partial charge in [0, 0.05) is 0 Å². The average Bonchev–Trinajstić information content (AvgIpc) is 2.54. The average molecular weight is 312 g/mol. The van der Waals surface area contributed by atoms with Crippen molar-refractivity contribution in [1.29, 1.82) is 0 Å². The Labute approximate surface area is 135 Å². The van der Waals surface area contributed by atoms with Crippen LogP contribution >= 0.6 is 0 Å². The smallest absolute Gasteiger partial charge is 0.313 e. The first-order valence-electron chi connectivity index (χ1n) is 8.47. The van der Waals surface area contributed by atoms with Crippen LogP contribution in [-0.2, 0) is 19.1 Å². The molecule has 0 aliphatic rings. The molecular weight excluding hydrogens is 280 g/mol. The second-order valence-electron chi connectivity index (χ2n) is 5.60. The standard InChI is InChI=1S/C18H32O4/c1-4-5-6-7-8-9-10-11-12-13-14-16(18(20)22-3)15-17(19)21-2/h13-14,16H,4-12,15H2,1-3H3/b14-13+. The monoisotopic (exact) mass is 312 g/mol. The highest BCUT2D eigenvalue weighted by molar-refractivity contribution is 5.81. The van der Waals surface area contributed by atoms with E-state index in [1.807, 2.05) is 6.08 Å². The minimum absolute atomic E-state index is 0.0388. The van der Waals surface area contributed by atoms with Gasteiger partial charge in [-0.05, 0) is 12.8 Å². The maximum absolute atomic E-state index is 11.6. The van der Waals surface area contributed by atoms with Gasteiger partial charge in [-0.2, -0.15) is 0 Å². The van der Waals surface area contributed by atoms with Crippen LogP contribution in [0, 0.1) is 5.92 Å². The predicted octanol–water partition coefficient (Wildman–Crippen LogP) is 4.43. The Balaban J connectivity index is 3.81. The summed E-state index contributed by atoms with van der Waals surface area (Å²) in [6.45, 7) is 2.23. The molecule has 0 spiro atoms. The molecule has 1 unspecified atom stereocenters. The third-order valence-electron chi connectivity index (χ3n) is 3.71. The van der Waals surface area contributed by atoms with Gasteiger partial charge in [0.25, 0.3) is 0 Å². The largest absolute Gasteiger partial charge is 0.469 e. The maximum atomic E-state index is 11.6. The van der Waals surface area contributed by atoms with Gasteiger partial charge in [0.05, 0.1) is 26.6 Å². The lowest BCUT2D eigenvalue weighted by Crippen LogP contribution is -2.18. The van der Waals surface area contributed by atoms with Crippen molar-refractivity contribution in [2.45, 2.75) is 71.1 Å². The Kier molecular flexibility index (Phi) is 13.7. The van der Waals surface area contributed by atoms with E-state index >= 15 is 0 Å². The van der Waals surface area contributed by atoms with Crippen molar-refractivity contribution in [3.05, 3.63) is 12.2 Å². The van der Waals surface area contributed by atoms with Crippen molar-refractivity contribution in [2.24, 2.45) is 5.92 Å². The zero-order chi connectivity index (χ0) is 16.6. The molecule has 0 aromatic carbocycles. The van der Waals surface area contributed by atoms with Crippen LogP contribution in [0.5, 0.6) is 0 Å². The Morgan fingerprint density at radius 2 is 1.50 bits per heavy atom. The summed E-state index contributed by atoms with van der Waals surface area (Å²) in [6.07, 6.45) is 15.0. The third-order valence-corrected chi connectivity index (χ3v) is 3.71. The van der Waals surface area contributed by atoms with E-state index in [9.17, 15) is 9.59 Å². The molecule has 0 N–H and O–H groups in total. The number of carbonyl (C=O) groups excluding carboxylic acids is 2. The summed E-state index contributed by atoms with van der Waals surface area (Å²) in [5.41, 5.74) is 0. The van der Waals surface area contributed by atoms with Crippen LogP contribution in [-0.4, -0.2) is 26.2 Å². The molecule has 0 bridgehead atoms. The lowest BCUT2D eigenvalue weighted by molar-refractivity contribution is -0.150. The lowest BCUT2D eigenvalue weighted by Gasteiger charge is -2.08. The maximum Gasteiger partial charge on any atom is 0.313 e. The number of methoxy groups -OCH3 is 2. The van der Waals surface area contributed by atoms with Gasteiger partial charge < -0.3 is 9.47 Å². The molecule has 0 saturated heterocycles. The van der Waals surface area contributed by atoms with Gasteiger partial charge in [0.15, 0.2) is 0 Å². The van der Waals surface area contributed by atoms with Gasteiger partial charge in [-0.15, -0.1) is 0 Å². The highest BCUT2D eigenvalue weighted by Gasteiger charge is 2.19. The van der Waals surface area contributed by atoms with Crippen LogP contribution in [0.3, 0.4) is 0 Å². The first-order chi connectivity index (χ1) is 10.7. The van der Waals surface area contributed by atoms with Gasteiger partial charge in [0.1, 0.15) is 0 Å². The fourth-order valence-corrected chi connectivity index (χ4v) is 2.30. The quantitative estimate of drug-likeness (QED) is 0.287. The number of esters is 2. The van der Waals surface area contributed by atoms with Crippen molar-refractivity contribution < 1.29 is 19.1 Å². The molecule has 128 valence electrons. The van der Waals surface area contributed by atoms with Crippen molar-refractivity contribution in [3.8, 4) is 0 Å². The lowest BCUT2D eigenvalue weighted by atomic mass is 10.0. The first-order valence-corrected chi connectivity index (χ1v) is 8.47. The van der Waals surface area contributed by atoms with E-state index < -0.39 is 17.9 Å². The Hall–Kier alpha value is -1.32. The zero-order valence-electron chi connectivity index (χ0n) is 14.4. The van der Waals surface area contributed by atoms with Gasteiger partial charge in [-0.25, -0.2) is 0 Å². The molecule has 0 heterocycles. The normalized spacial score (nSPS) is 12.3. The summed E-state index contributed by atoms with van der Waals surface area (Å²) in [7, 11) is 2.65. The van der Waals surface area contributed by atoms with Gasteiger partial charge in [0.2, 0.25) is 0 Å². The number of carbonyl (C=O) groups is 2. The van der Waals surface area contributed by atoms with Crippen LogP contribution < -0.4 is 0 Å². The second-order valence-corrected chi connectivity index (χ2v) is 5.60. The van der Waals surface area contributed by atoms with E-state index in [0.717, 1.165) is 12.8 Å². The SMILES string of the molecule is CCCCCCCCCC/C=C/C(CC(=O)OC)C(=O)OC. The zero-order valence-corrected chi connectivity index (χ0v) is 14.4. The molecule has 4 nitrogen and oxygen atoms in total. The summed E-state index contributed by atoms with van der Waals surface area (Å²) in [6, 6.07) is 0. The summed E-state index contributed by atoms with van der Waals surface area (Å²) < 4.78 is 9.30. The molecule has 22 heavy (non-hydrogen) atoms. The van der Waals surface area contributed by atoms with E-state index in [0.29, 0.717) is 0 Å². The molecule has 0 aromatic rings. The molecule has 0 aliphatic carbocycles. The van der Waals surface area contributed by atoms with E-state index in [1.54, 1.807) is 6.08 Å². The fourth-order valence-electron chi connectivity index (χ4n) is 2.30. The molecule has 0 aromatic heterocycles. The number of ether oxygens (including phenoxy) is 2. The second kappa shape index (κ2) is 14.6. The molecule has 0 saturated carbocycles. The highest BCUT2D eigenvalue weighted by Crippen LogP contribution is 2.12. The van der Waals surface area contributed by atoms with E-state index in [2.05, 4.69) is 11.7 Å². The van der Waals surface area contributed by atoms with Crippen LogP contribution in [0.15, 0.2) is 12.2 Å². The van der Waals surface area contributed by atoms with Crippen LogP contribution in [0.25, 0.3) is 0 Å². The van der Waals surface area contributed by atoms with E-state index in [4.69, 9.17) is 4.74 Å². The molecule has 0 fully saturated rings. The molecule has 4 heteroatoms. The summed E-state index contributed by atoms with van der Waals surface area (Å²) in [4.78, 5) is 22.8. The number of hydrogen-bond donors (Lipinski definition) is 0. The van der Waals surface area contributed by atoms with E-state index in [-0.39, 0.29) is 6.42 Å². The Morgan fingerprint density at radius 3 is 2.05 bits per heavy atom. The Bertz CT molecular complexity index is 323. The predicted molar refractivity (Wildman–Crippen MR) is 88.5 cm³/mol. The van der Waals surface area contributed by atoms with Crippen molar-refractivity contribution in [2.75, 3.05) is 14.2 Å². The van der Waals surface area contributed by atoms with Crippen molar-refractivity contribution >= 4 is 11.9 Å². The fraction of sp³-hybridized carbons (Fsp3) is 0.778. The molecule has 0 aliphatic heterocycles. The third kappa shape index (κ3) is 11.4. The van der Waals surface area contributed by atoms with Gasteiger partial charge in [-0.3, -0.25) is 9.59 Å². The van der Waals surface area contributed by atoms with Crippen molar-refractivity contribution in [1.82, 2.24) is 0 Å². The van der Waals surface area contributed by atoms with E-state index in [1.165, 1.54) is 59.2 Å². The molecular formula is C18H32O4. The Morgan fingerprint density at radius 1 is 0.909 bits per heavy atom.